The Morgan fingerprint density at radius 3 is 2.87 bits per heavy atom. The van der Waals surface area contributed by atoms with Crippen molar-refractivity contribution in [2.45, 2.75) is 31.3 Å². The molecule has 6 heteroatoms. The van der Waals surface area contributed by atoms with Crippen LogP contribution >= 0.6 is 0 Å². The molecule has 3 rings (SSSR count). The molecule has 2 amide bonds. The first-order valence-corrected chi connectivity index (χ1v) is 8.92. The number of hydrogen-bond donors (Lipinski definition) is 1. The molecule has 2 saturated heterocycles. The maximum Gasteiger partial charge on any atom is 0.317 e. The van der Waals surface area contributed by atoms with Crippen molar-refractivity contribution < 1.29 is 9.53 Å². The van der Waals surface area contributed by atoms with Crippen LogP contribution in [0.3, 0.4) is 0 Å². The van der Waals surface area contributed by atoms with Gasteiger partial charge in [-0.1, -0.05) is 12.2 Å². The lowest BCUT2D eigenvalue weighted by Gasteiger charge is -2.26. The highest BCUT2D eigenvalue weighted by Gasteiger charge is 2.31. The maximum atomic E-state index is 12.4. The summed E-state index contributed by atoms with van der Waals surface area (Å²) in [5, 5.41) is 3.15. The number of rotatable bonds is 6. The van der Waals surface area contributed by atoms with Crippen LogP contribution in [-0.2, 0) is 4.74 Å². The average molecular weight is 322 g/mol. The monoisotopic (exact) mass is 322 g/mol. The van der Waals surface area contributed by atoms with E-state index in [9.17, 15) is 4.79 Å². The van der Waals surface area contributed by atoms with Gasteiger partial charge in [-0.05, 0) is 25.8 Å². The van der Waals surface area contributed by atoms with Crippen LogP contribution in [0.4, 0.5) is 4.79 Å². The van der Waals surface area contributed by atoms with E-state index in [0.29, 0.717) is 12.1 Å². The zero-order valence-corrected chi connectivity index (χ0v) is 14.2. The number of nitrogens with one attached hydrogen (secondary N) is 1. The number of carbonyl (C=O) groups is 1. The SMILES string of the molecule is COCCN1CCC[C@@H]1CNC(=O)N1CC[C@H](N2CC=CC2)C1. The maximum absolute atomic E-state index is 12.4. The normalized spacial score (nSPS) is 28.8. The van der Waals surface area contributed by atoms with Crippen molar-refractivity contribution >= 4 is 6.03 Å². The predicted octanol–water partition coefficient (Wildman–Crippen LogP) is 0.753. The summed E-state index contributed by atoms with van der Waals surface area (Å²) < 4.78 is 5.17. The van der Waals surface area contributed by atoms with Crippen LogP contribution in [0.1, 0.15) is 19.3 Å². The van der Waals surface area contributed by atoms with Gasteiger partial charge in [0.15, 0.2) is 0 Å². The molecule has 0 aromatic carbocycles. The quantitative estimate of drug-likeness (QED) is 0.733. The van der Waals surface area contributed by atoms with Crippen molar-refractivity contribution in [2.75, 3.05) is 59.5 Å². The molecule has 0 saturated carbocycles. The molecule has 0 spiro atoms. The van der Waals surface area contributed by atoms with E-state index in [2.05, 4.69) is 27.3 Å². The van der Waals surface area contributed by atoms with Crippen molar-refractivity contribution in [1.82, 2.24) is 20.0 Å². The molecule has 3 aliphatic rings. The van der Waals surface area contributed by atoms with Gasteiger partial charge in [-0.15, -0.1) is 0 Å². The third-order valence-corrected chi connectivity index (χ3v) is 5.38. The summed E-state index contributed by atoms with van der Waals surface area (Å²) >= 11 is 0. The molecule has 23 heavy (non-hydrogen) atoms. The second-order valence-corrected chi connectivity index (χ2v) is 6.82. The van der Waals surface area contributed by atoms with Crippen LogP contribution in [0.15, 0.2) is 12.2 Å². The highest BCUT2D eigenvalue weighted by atomic mass is 16.5. The summed E-state index contributed by atoms with van der Waals surface area (Å²) in [5.74, 6) is 0. The fraction of sp³-hybridized carbons (Fsp3) is 0.824. The molecule has 3 aliphatic heterocycles. The van der Waals surface area contributed by atoms with Gasteiger partial charge in [0.2, 0.25) is 0 Å². The van der Waals surface area contributed by atoms with Crippen LogP contribution in [0.5, 0.6) is 0 Å². The first-order chi connectivity index (χ1) is 11.3. The molecular formula is C17H30N4O2. The van der Waals surface area contributed by atoms with Crippen molar-refractivity contribution in [2.24, 2.45) is 0 Å². The highest BCUT2D eigenvalue weighted by molar-refractivity contribution is 5.74. The van der Waals surface area contributed by atoms with Crippen molar-refractivity contribution in [3.63, 3.8) is 0 Å². The number of urea groups is 1. The lowest BCUT2D eigenvalue weighted by Crippen LogP contribution is -2.46. The van der Waals surface area contributed by atoms with Crippen LogP contribution in [0.2, 0.25) is 0 Å². The molecule has 0 bridgehead atoms. The Hall–Kier alpha value is -1.11. The van der Waals surface area contributed by atoms with Gasteiger partial charge in [-0.25, -0.2) is 4.79 Å². The number of methoxy groups -OCH3 is 1. The van der Waals surface area contributed by atoms with Crippen LogP contribution in [0.25, 0.3) is 0 Å². The summed E-state index contributed by atoms with van der Waals surface area (Å²) in [6.07, 6.45) is 7.93. The summed E-state index contributed by atoms with van der Waals surface area (Å²) in [4.78, 5) is 19.3. The second-order valence-electron chi connectivity index (χ2n) is 6.82. The summed E-state index contributed by atoms with van der Waals surface area (Å²) in [5.41, 5.74) is 0. The molecule has 0 unspecified atom stereocenters. The first kappa shape index (κ1) is 16.7. The first-order valence-electron chi connectivity index (χ1n) is 8.92. The molecule has 0 radical (unpaired) electrons. The van der Waals surface area contributed by atoms with Crippen molar-refractivity contribution in [3.05, 3.63) is 12.2 Å². The van der Waals surface area contributed by atoms with Crippen molar-refractivity contribution in [1.29, 1.82) is 0 Å². The zero-order chi connectivity index (χ0) is 16.1. The Labute approximate surface area is 139 Å². The summed E-state index contributed by atoms with van der Waals surface area (Å²) in [7, 11) is 1.74. The van der Waals surface area contributed by atoms with E-state index in [1.54, 1.807) is 7.11 Å². The fourth-order valence-corrected chi connectivity index (χ4v) is 3.96. The Morgan fingerprint density at radius 1 is 1.26 bits per heavy atom. The van der Waals surface area contributed by atoms with E-state index in [4.69, 9.17) is 4.74 Å². The minimum absolute atomic E-state index is 0.109. The van der Waals surface area contributed by atoms with E-state index in [1.807, 2.05) is 4.90 Å². The summed E-state index contributed by atoms with van der Waals surface area (Å²) in [6.45, 7) is 7.43. The molecule has 2 fully saturated rings. The molecular weight excluding hydrogens is 292 g/mol. The van der Waals surface area contributed by atoms with E-state index < -0.39 is 0 Å². The fourth-order valence-electron chi connectivity index (χ4n) is 3.96. The van der Waals surface area contributed by atoms with Gasteiger partial charge in [-0.2, -0.15) is 0 Å². The Kier molecular flexibility index (Phi) is 5.91. The Balaban J connectivity index is 1.39. The lowest BCUT2D eigenvalue weighted by atomic mass is 10.2. The molecule has 0 aromatic rings. The van der Waals surface area contributed by atoms with Gasteiger partial charge in [0, 0.05) is 58.5 Å². The molecule has 0 aliphatic carbocycles. The van der Waals surface area contributed by atoms with Crippen LogP contribution in [-0.4, -0.2) is 92.3 Å². The van der Waals surface area contributed by atoms with Crippen molar-refractivity contribution in [3.8, 4) is 0 Å². The lowest BCUT2D eigenvalue weighted by molar-refractivity contribution is 0.139. The molecule has 130 valence electrons. The highest BCUT2D eigenvalue weighted by Crippen LogP contribution is 2.19. The average Bonchev–Trinajstić information content (AvgIpc) is 3.31. The van der Waals surface area contributed by atoms with Gasteiger partial charge < -0.3 is 15.0 Å². The molecule has 2 atom stereocenters. The van der Waals surface area contributed by atoms with E-state index in [1.165, 1.54) is 12.8 Å². The largest absolute Gasteiger partial charge is 0.383 e. The third kappa shape index (κ3) is 4.25. The number of amides is 2. The summed E-state index contributed by atoms with van der Waals surface area (Å²) in [6, 6.07) is 1.11. The number of nitrogens with zero attached hydrogens (tertiary/aromatic N) is 3. The van der Waals surface area contributed by atoms with Gasteiger partial charge in [0.25, 0.3) is 0 Å². The van der Waals surface area contributed by atoms with Gasteiger partial charge in [0.1, 0.15) is 0 Å². The number of hydrogen-bond acceptors (Lipinski definition) is 4. The number of likely N-dealkylation sites (tertiary alicyclic amines) is 2. The molecule has 0 aromatic heterocycles. The van der Waals surface area contributed by atoms with Gasteiger partial charge >= 0.3 is 6.03 Å². The van der Waals surface area contributed by atoms with E-state index >= 15 is 0 Å². The standard InChI is InChI=1S/C17H30N4O2/c1-23-12-11-20-9-4-5-15(20)13-18-17(22)21-10-6-16(14-21)19-7-2-3-8-19/h2-3,15-16H,4-14H2,1H3,(H,18,22)/t15-,16+/m1/s1. The van der Waals surface area contributed by atoms with E-state index in [-0.39, 0.29) is 6.03 Å². The van der Waals surface area contributed by atoms with Gasteiger partial charge in [-0.3, -0.25) is 9.80 Å². The zero-order valence-electron chi connectivity index (χ0n) is 14.2. The second kappa shape index (κ2) is 8.13. The molecule has 3 heterocycles. The Morgan fingerprint density at radius 2 is 2.09 bits per heavy atom. The minimum atomic E-state index is 0.109. The van der Waals surface area contributed by atoms with Gasteiger partial charge in [0.05, 0.1) is 6.61 Å². The molecule has 1 N–H and O–H groups in total. The third-order valence-electron chi connectivity index (χ3n) is 5.38. The van der Waals surface area contributed by atoms with Crippen LogP contribution in [0, 0.1) is 0 Å². The predicted molar refractivity (Wildman–Crippen MR) is 90.6 cm³/mol. The smallest absolute Gasteiger partial charge is 0.317 e. The van der Waals surface area contributed by atoms with Crippen LogP contribution < -0.4 is 5.32 Å². The topological polar surface area (TPSA) is 48.1 Å². The molecule has 6 nitrogen and oxygen atoms in total. The number of carbonyl (C=O) groups excluding carboxylic acids is 1. The minimum Gasteiger partial charge on any atom is -0.383 e. The number of ether oxygens (including phenoxy) is 1. The Bertz CT molecular complexity index is 421. The van der Waals surface area contributed by atoms with E-state index in [0.717, 1.165) is 58.8 Å².